The van der Waals surface area contributed by atoms with E-state index in [1.165, 1.54) is 12.1 Å². The number of phenolic OH excluding ortho intramolecular Hbond substituents is 1. The maximum Gasteiger partial charge on any atom is 0.273 e. The van der Waals surface area contributed by atoms with Crippen molar-refractivity contribution in [1.29, 1.82) is 0 Å². The van der Waals surface area contributed by atoms with Crippen LogP contribution in [-0.4, -0.2) is 43.5 Å². The van der Waals surface area contributed by atoms with E-state index in [0.717, 1.165) is 31.2 Å². The highest BCUT2D eigenvalue weighted by Crippen LogP contribution is 2.27. The van der Waals surface area contributed by atoms with Crippen LogP contribution in [0.5, 0.6) is 5.75 Å². The molecule has 0 atom stereocenters. The second-order valence-corrected chi connectivity index (χ2v) is 6.35. The van der Waals surface area contributed by atoms with Gasteiger partial charge in [-0.2, -0.15) is 0 Å². The SMILES string of the molecule is Cn1ccnc1CC1CCN(C(=O)c2ccc([N+](=O)[O-])cc2O)CC1. The topological polar surface area (TPSA) is 102 Å². The van der Waals surface area contributed by atoms with Crippen molar-refractivity contribution in [2.24, 2.45) is 13.0 Å². The third-order valence-electron chi connectivity index (χ3n) is 4.72. The summed E-state index contributed by atoms with van der Waals surface area (Å²) in [5.74, 6) is 0.866. The number of aromatic nitrogens is 2. The smallest absolute Gasteiger partial charge is 0.273 e. The highest BCUT2D eigenvalue weighted by atomic mass is 16.6. The largest absolute Gasteiger partial charge is 0.507 e. The number of non-ortho nitro benzene ring substituents is 1. The van der Waals surface area contributed by atoms with Gasteiger partial charge in [-0.25, -0.2) is 4.98 Å². The lowest BCUT2D eigenvalue weighted by atomic mass is 9.93. The van der Waals surface area contributed by atoms with Gasteiger partial charge in [0, 0.05) is 45.0 Å². The van der Waals surface area contributed by atoms with Crippen molar-refractivity contribution >= 4 is 11.6 Å². The highest BCUT2D eigenvalue weighted by molar-refractivity contribution is 5.97. The number of nitrogens with zero attached hydrogens (tertiary/aromatic N) is 4. The Bertz CT molecular complexity index is 794. The van der Waals surface area contributed by atoms with E-state index in [4.69, 9.17) is 0 Å². The Morgan fingerprint density at radius 1 is 1.40 bits per heavy atom. The van der Waals surface area contributed by atoms with Crippen LogP contribution in [0.25, 0.3) is 0 Å². The molecule has 0 spiro atoms. The molecule has 25 heavy (non-hydrogen) atoms. The summed E-state index contributed by atoms with van der Waals surface area (Å²) in [7, 11) is 1.97. The van der Waals surface area contributed by atoms with E-state index in [0.29, 0.717) is 19.0 Å². The molecule has 8 nitrogen and oxygen atoms in total. The minimum absolute atomic E-state index is 0.105. The Kier molecular flexibility index (Phi) is 4.69. The van der Waals surface area contributed by atoms with E-state index in [9.17, 15) is 20.0 Å². The standard InChI is InChI=1S/C17H20N4O4/c1-19-9-6-18-16(19)10-12-4-7-20(8-5-12)17(23)14-3-2-13(21(24)25)11-15(14)22/h2-3,6,9,11-12,22H,4-5,7-8,10H2,1H3. The number of imidazole rings is 1. The minimum Gasteiger partial charge on any atom is -0.507 e. The van der Waals surface area contributed by atoms with Gasteiger partial charge in [-0.3, -0.25) is 14.9 Å². The predicted molar refractivity (Wildman–Crippen MR) is 90.3 cm³/mol. The van der Waals surface area contributed by atoms with E-state index in [-0.39, 0.29) is 22.9 Å². The number of piperidine rings is 1. The zero-order chi connectivity index (χ0) is 18.0. The van der Waals surface area contributed by atoms with E-state index in [1.807, 2.05) is 17.8 Å². The second kappa shape index (κ2) is 6.92. The van der Waals surface area contributed by atoms with Crippen LogP contribution < -0.4 is 0 Å². The van der Waals surface area contributed by atoms with E-state index >= 15 is 0 Å². The fraction of sp³-hybridized carbons (Fsp3) is 0.412. The lowest BCUT2D eigenvalue weighted by Crippen LogP contribution is -2.39. The van der Waals surface area contributed by atoms with Crippen molar-refractivity contribution in [3.05, 3.63) is 52.1 Å². The molecule has 1 aliphatic rings. The van der Waals surface area contributed by atoms with Crippen molar-refractivity contribution in [2.45, 2.75) is 19.3 Å². The number of likely N-dealkylation sites (tertiary alicyclic amines) is 1. The van der Waals surface area contributed by atoms with Gasteiger partial charge < -0.3 is 14.6 Å². The summed E-state index contributed by atoms with van der Waals surface area (Å²) in [6, 6.07) is 3.57. The number of carbonyl (C=O) groups is 1. The zero-order valence-corrected chi connectivity index (χ0v) is 14.0. The van der Waals surface area contributed by atoms with Gasteiger partial charge in [0.25, 0.3) is 11.6 Å². The first-order valence-electron chi connectivity index (χ1n) is 8.18. The molecule has 3 rings (SSSR count). The molecule has 1 aliphatic heterocycles. The number of benzene rings is 1. The maximum absolute atomic E-state index is 12.6. The lowest BCUT2D eigenvalue weighted by Gasteiger charge is -2.32. The fourth-order valence-electron chi connectivity index (χ4n) is 3.18. The molecule has 1 saturated heterocycles. The molecule has 1 N–H and O–H groups in total. The van der Waals surface area contributed by atoms with Crippen molar-refractivity contribution in [1.82, 2.24) is 14.5 Å². The van der Waals surface area contributed by atoms with Gasteiger partial charge >= 0.3 is 0 Å². The van der Waals surface area contributed by atoms with E-state index in [1.54, 1.807) is 11.1 Å². The molecule has 1 aromatic heterocycles. The van der Waals surface area contributed by atoms with Gasteiger partial charge in [-0.15, -0.1) is 0 Å². The van der Waals surface area contributed by atoms with Crippen molar-refractivity contribution in [3.8, 4) is 5.75 Å². The number of hydrogen-bond acceptors (Lipinski definition) is 5. The molecule has 132 valence electrons. The average molecular weight is 344 g/mol. The molecule has 0 aliphatic carbocycles. The number of rotatable bonds is 4. The summed E-state index contributed by atoms with van der Waals surface area (Å²) in [5, 5.41) is 20.7. The van der Waals surface area contributed by atoms with Crippen LogP contribution in [0.15, 0.2) is 30.6 Å². The molecule has 1 amide bonds. The second-order valence-electron chi connectivity index (χ2n) is 6.35. The molecule has 2 heterocycles. The van der Waals surface area contributed by atoms with Crippen molar-refractivity contribution in [3.63, 3.8) is 0 Å². The molecular weight excluding hydrogens is 324 g/mol. The monoisotopic (exact) mass is 344 g/mol. The average Bonchev–Trinajstić information content (AvgIpc) is 2.99. The van der Waals surface area contributed by atoms with E-state index < -0.39 is 4.92 Å². The summed E-state index contributed by atoms with van der Waals surface area (Å²) in [5.41, 5.74) is -0.129. The maximum atomic E-state index is 12.6. The Morgan fingerprint density at radius 3 is 2.68 bits per heavy atom. The molecule has 8 heteroatoms. The van der Waals surface area contributed by atoms with Gasteiger partial charge in [-0.1, -0.05) is 0 Å². The van der Waals surface area contributed by atoms with Crippen LogP contribution in [-0.2, 0) is 13.5 Å². The number of nitro groups is 1. The first-order valence-corrected chi connectivity index (χ1v) is 8.18. The highest BCUT2D eigenvalue weighted by Gasteiger charge is 2.26. The lowest BCUT2D eigenvalue weighted by molar-refractivity contribution is -0.384. The number of aryl methyl sites for hydroxylation is 1. The predicted octanol–water partition coefficient (Wildman–Crippen LogP) is 2.13. The number of hydrogen-bond donors (Lipinski definition) is 1. The van der Waals surface area contributed by atoms with Gasteiger partial charge in [0.1, 0.15) is 11.6 Å². The summed E-state index contributed by atoms with van der Waals surface area (Å²) in [6.45, 7) is 1.20. The summed E-state index contributed by atoms with van der Waals surface area (Å²) in [4.78, 5) is 28.7. The Hall–Kier alpha value is -2.90. The molecular formula is C17H20N4O4. The first kappa shape index (κ1) is 16.9. The van der Waals surface area contributed by atoms with Crippen LogP contribution in [0.1, 0.15) is 29.0 Å². The molecule has 2 aromatic rings. The molecule has 0 saturated carbocycles. The quantitative estimate of drug-likeness (QED) is 0.676. The van der Waals surface area contributed by atoms with Gasteiger partial charge in [0.05, 0.1) is 16.6 Å². The third-order valence-corrected chi connectivity index (χ3v) is 4.72. The molecule has 1 aromatic carbocycles. The number of phenols is 1. The summed E-state index contributed by atoms with van der Waals surface area (Å²) in [6.07, 6.45) is 6.32. The number of carbonyl (C=O) groups excluding carboxylic acids is 1. The van der Waals surface area contributed by atoms with Gasteiger partial charge in [0.2, 0.25) is 0 Å². The van der Waals surface area contributed by atoms with Crippen molar-refractivity contribution in [2.75, 3.05) is 13.1 Å². The third kappa shape index (κ3) is 3.62. The fourth-order valence-corrected chi connectivity index (χ4v) is 3.18. The van der Waals surface area contributed by atoms with Gasteiger partial charge in [0.15, 0.2) is 0 Å². The van der Waals surface area contributed by atoms with Crippen LogP contribution >= 0.6 is 0 Å². The Morgan fingerprint density at radius 2 is 2.12 bits per heavy atom. The minimum atomic E-state index is -0.600. The molecule has 0 unspecified atom stereocenters. The Balaban J connectivity index is 1.62. The van der Waals surface area contributed by atoms with Crippen LogP contribution in [0.4, 0.5) is 5.69 Å². The number of aromatic hydroxyl groups is 1. The zero-order valence-electron chi connectivity index (χ0n) is 14.0. The molecule has 1 fully saturated rings. The van der Waals surface area contributed by atoms with Crippen molar-refractivity contribution < 1.29 is 14.8 Å². The van der Waals surface area contributed by atoms with Crippen LogP contribution in [0, 0.1) is 16.0 Å². The van der Waals surface area contributed by atoms with E-state index in [2.05, 4.69) is 4.98 Å². The Labute approximate surface area is 144 Å². The summed E-state index contributed by atoms with van der Waals surface area (Å²) >= 11 is 0. The normalized spacial score (nSPS) is 15.3. The molecule has 0 bridgehead atoms. The number of amides is 1. The van der Waals surface area contributed by atoms with Crippen LogP contribution in [0.3, 0.4) is 0 Å². The first-order chi connectivity index (χ1) is 12.0. The molecule has 0 radical (unpaired) electrons. The summed E-state index contributed by atoms with van der Waals surface area (Å²) < 4.78 is 2.01. The number of nitro benzene ring substituents is 1. The van der Waals surface area contributed by atoms with Crippen LogP contribution in [0.2, 0.25) is 0 Å². The van der Waals surface area contributed by atoms with Gasteiger partial charge in [-0.05, 0) is 24.8 Å².